The molecule has 1 aliphatic heterocycles. The van der Waals surface area contributed by atoms with Gasteiger partial charge in [-0.1, -0.05) is 42.1 Å². The van der Waals surface area contributed by atoms with Gasteiger partial charge in [0, 0.05) is 10.5 Å². The Kier molecular flexibility index (Phi) is 3.45. The molecule has 1 aromatic carbocycles. The zero-order valence-corrected chi connectivity index (χ0v) is 9.74. The van der Waals surface area contributed by atoms with Crippen molar-refractivity contribution >= 4 is 16.7 Å². The summed E-state index contributed by atoms with van der Waals surface area (Å²) in [6, 6.07) is 13.7. The normalized spacial score (nSPS) is 13.5. The van der Waals surface area contributed by atoms with Crippen LogP contribution in [-0.4, -0.2) is 0 Å². The van der Waals surface area contributed by atoms with Crippen LogP contribution in [0.3, 0.4) is 0 Å². The van der Waals surface area contributed by atoms with E-state index in [1.807, 2.05) is 54.0 Å². The predicted octanol–water partition coefficient (Wildman–Crippen LogP) is 3.63. The lowest BCUT2D eigenvalue weighted by Crippen LogP contribution is -1.88. The third-order valence-electron chi connectivity index (χ3n) is 2.30. The van der Waals surface area contributed by atoms with Gasteiger partial charge in [0.25, 0.3) is 0 Å². The van der Waals surface area contributed by atoms with Crippen molar-refractivity contribution in [2.24, 2.45) is 0 Å². The van der Waals surface area contributed by atoms with E-state index in [4.69, 9.17) is 10.5 Å². The molecular weight excluding hydrogens is 228 g/mol. The topological polar surface area (TPSA) is 47.6 Å². The van der Waals surface area contributed by atoms with Gasteiger partial charge in [-0.15, -0.1) is 0 Å². The first kappa shape index (κ1) is 11.3. The maximum absolute atomic E-state index is 8.83. The molecule has 2 rings (SSSR count). The highest BCUT2D eigenvalue weighted by Gasteiger charge is 2.08. The quantitative estimate of drug-likeness (QED) is 0.699. The van der Waals surface area contributed by atoms with Crippen molar-refractivity contribution in [2.75, 3.05) is 0 Å². The van der Waals surface area contributed by atoms with Gasteiger partial charge in [0.05, 0.1) is 0 Å². The molecule has 1 heterocycles. The van der Waals surface area contributed by atoms with Crippen LogP contribution in [0.2, 0.25) is 0 Å². The van der Waals surface area contributed by atoms with Gasteiger partial charge in [0.15, 0.2) is 0 Å². The van der Waals surface area contributed by atoms with E-state index in [9.17, 15) is 0 Å². The van der Waals surface area contributed by atoms with Crippen molar-refractivity contribution in [3.8, 4) is 12.1 Å². The first-order valence-electron chi connectivity index (χ1n) is 5.00. The Morgan fingerprint density at radius 3 is 2.41 bits per heavy atom. The van der Waals surface area contributed by atoms with E-state index >= 15 is 0 Å². The molecule has 0 bridgehead atoms. The molecular formula is C14H8N2S. The molecule has 0 aliphatic carbocycles. The molecule has 80 valence electrons. The molecule has 0 saturated heterocycles. The maximum atomic E-state index is 8.83. The molecule has 0 fully saturated rings. The smallest absolute Gasteiger partial charge is 0.136 e. The number of nitriles is 2. The fourth-order valence-electron chi connectivity index (χ4n) is 1.47. The van der Waals surface area contributed by atoms with E-state index in [0.29, 0.717) is 5.57 Å². The van der Waals surface area contributed by atoms with E-state index in [1.165, 1.54) is 0 Å². The number of thioether (sulfide) groups is 1. The van der Waals surface area contributed by atoms with Crippen LogP contribution >= 0.6 is 11.8 Å². The lowest BCUT2D eigenvalue weighted by atomic mass is 10.1. The summed E-state index contributed by atoms with van der Waals surface area (Å²) in [5.41, 5.74) is 1.91. The van der Waals surface area contributed by atoms with Crippen molar-refractivity contribution in [1.82, 2.24) is 0 Å². The third-order valence-corrected chi connectivity index (χ3v) is 3.18. The van der Waals surface area contributed by atoms with Gasteiger partial charge in [-0.05, 0) is 23.1 Å². The Bertz CT molecular complexity index is 579. The minimum atomic E-state index is 0.148. The number of benzene rings is 1. The number of allylic oxidation sites excluding steroid dienone is 4. The zero-order valence-electron chi connectivity index (χ0n) is 8.92. The zero-order chi connectivity index (χ0) is 12.1. The Morgan fingerprint density at radius 2 is 1.76 bits per heavy atom. The largest absolute Gasteiger partial charge is 0.192 e. The molecule has 0 spiro atoms. The second kappa shape index (κ2) is 5.21. The van der Waals surface area contributed by atoms with E-state index in [-0.39, 0.29) is 5.57 Å². The second-order valence-electron chi connectivity index (χ2n) is 3.35. The number of hydrogen-bond acceptors (Lipinski definition) is 3. The molecule has 2 nitrogen and oxygen atoms in total. The molecule has 0 N–H and O–H groups in total. The van der Waals surface area contributed by atoms with Gasteiger partial charge in [0.2, 0.25) is 0 Å². The second-order valence-corrected chi connectivity index (χ2v) is 4.30. The Morgan fingerprint density at radius 1 is 1.06 bits per heavy atom. The van der Waals surface area contributed by atoms with Gasteiger partial charge in [0.1, 0.15) is 17.7 Å². The summed E-state index contributed by atoms with van der Waals surface area (Å²) in [4.78, 5) is 1.05. The summed E-state index contributed by atoms with van der Waals surface area (Å²) in [5.74, 6) is 0. The fourth-order valence-corrected chi connectivity index (χ4v) is 2.30. The van der Waals surface area contributed by atoms with Crippen LogP contribution in [0.1, 0.15) is 5.56 Å². The van der Waals surface area contributed by atoms with Crippen LogP contribution in [0, 0.1) is 22.7 Å². The lowest BCUT2D eigenvalue weighted by Gasteiger charge is -2.09. The van der Waals surface area contributed by atoms with Crippen LogP contribution in [0.15, 0.2) is 59.0 Å². The van der Waals surface area contributed by atoms with Crippen molar-refractivity contribution in [3.63, 3.8) is 0 Å². The Balaban J connectivity index is 2.45. The van der Waals surface area contributed by atoms with Crippen molar-refractivity contribution in [1.29, 1.82) is 10.5 Å². The summed E-state index contributed by atoms with van der Waals surface area (Å²) in [7, 11) is 0. The SMILES string of the molecule is N#CC(C#N)=C1C=CSC(c2ccccc2)=C1. The van der Waals surface area contributed by atoms with Gasteiger partial charge in [-0.2, -0.15) is 10.5 Å². The minimum Gasteiger partial charge on any atom is -0.192 e. The fraction of sp³-hybridized carbons (Fsp3) is 0. The van der Waals surface area contributed by atoms with Crippen LogP contribution in [0.4, 0.5) is 0 Å². The van der Waals surface area contributed by atoms with Crippen LogP contribution in [0.5, 0.6) is 0 Å². The first-order valence-corrected chi connectivity index (χ1v) is 5.88. The van der Waals surface area contributed by atoms with Gasteiger partial charge in [-0.25, -0.2) is 0 Å². The van der Waals surface area contributed by atoms with Crippen molar-refractivity contribution in [2.45, 2.75) is 0 Å². The molecule has 0 atom stereocenters. The monoisotopic (exact) mass is 236 g/mol. The average Bonchev–Trinajstić information content (AvgIpc) is 2.42. The molecule has 0 radical (unpaired) electrons. The average molecular weight is 236 g/mol. The predicted molar refractivity (Wildman–Crippen MR) is 69.4 cm³/mol. The highest BCUT2D eigenvalue weighted by molar-refractivity contribution is 8.11. The molecule has 0 saturated carbocycles. The van der Waals surface area contributed by atoms with E-state index in [1.54, 1.807) is 17.8 Å². The third kappa shape index (κ3) is 2.47. The summed E-state index contributed by atoms with van der Waals surface area (Å²) in [6.45, 7) is 0. The minimum absolute atomic E-state index is 0.148. The van der Waals surface area contributed by atoms with E-state index in [0.717, 1.165) is 10.5 Å². The van der Waals surface area contributed by atoms with E-state index in [2.05, 4.69) is 0 Å². The number of hydrogen-bond donors (Lipinski definition) is 0. The van der Waals surface area contributed by atoms with Crippen LogP contribution in [-0.2, 0) is 0 Å². The highest BCUT2D eigenvalue weighted by Crippen LogP contribution is 2.34. The summed E-state index contributed by atoms with van der Waals surface area (Å²) in [6.07, 6.45) is 3.67. The van der Waals surface area contributed by atoms with E-state index < -0.39 is 0 Å². The molecule has 17 heavy (non-hydrogen) atoms. The molecule has 1 aliphatic rings. The van der Waals surface area contributed by atoms with Crippen LogP contribution < -0.4 is 0 Å². The van der Waals surface area contributed by atoms with Gasteiger partial charge >= 0.3 is 0 Å². The molecule has 0 aromatic heterocycles. The molecule has 3 heteroatoms. The van der Waals surface area contributed by atoms with Crippen LogP contribution in [0.25, 0.3) is 4.91 Å². The molecule has 0 unspecified atom stereocenters. The first-order chi connectivity index (χ1) is 8.35. The lowest BCUT2D eigenvalue weighted by molar-refractivity contribution is 1.44. The van der Waals surface area contributed by atoms with Gasteiger partial charge < -0.3 is 0 Å². The number of rotatable bonds is 1. The molecule has 1 aromatic rings. The summed E-state index contributed by atoms with van der Waals surface area (Å²) < 4.78 is 0. The highest BCUT2D eigenvalue weighted by atomic mass is 32.2. The maximum Gasteiger partial charge on any atom is 0.136 e. The van der Waals surface area contributed by atoms with Gasteiger partial charge in [-0.3, -0.25) is 0 Å². The summed E-state index contributed by atoms with van der Waals surface area (Å²) in [5, 5.41) is 19.6. The standard InChI is InChI=1S/C14H8N2S/c15-9-13(10-16)12-6-7-17-14(8-12)11-4-2-1-3-5-11/h1-8H. The Labute approximate surface area is 104 Å². The number of nitrogens with zero attached hydrogens (tertiary/aromatic N) is 2. The van der Waals surface area contributed by atoms with Crippen molar-refractivity contribution in [3.05, 3.63) is 64.6 Å². The summed E-state index contributed by atoms with van der Waals surface area (Å²) >= 11 is 1.59. The molecule has 0 amide bonds. The van der Waals surface area contributed by atoms with Crippen molar-refractivity contribution < 1.29 is 0 Å². The Hall–Kier alpha value is -2.23.